The summed E-state index contributed by atoms with van der Waals surface area (Å²) in [6, 6.07) is -0.285. The van der Waals surface area contributed by atoms with Gasteiger partial charge in [-0.2, -0.15) is 13.2 Å². The third-order valence-electron chi connectivity index (χ3n) is 4.56. The fraction of sp³-hybridized carbons (Fsp3) is 0.238. The van der Waals surface area contributed by atoms with Crippen LogP contribution in [0.3, 0.4) is 0 Å². The van der Waals surface area contributed by atoms with E-state index in [0.29, 0.717) is 10.4 Å². The van der Waals surface area contributed by atoms with E-state index in [0.717, 1.165) is 4.40 Å². The van der Waals surface area contributed by atoms with Crippen molar-refractivity contribution in [2.45, 2.75) is 32.7 Å². The molecule has 0 aliphatic heterocycles. The first-order valence-corrected chi connectivity index (χ1v) is 9.27. The molecule has 166 valence electrons. The molecule has 0 aliphatic rings. The molecule has 3 N–H and O–H groups in total. The van der Waals surface area contributed by atoms with E-state index >= 15 is 0 Å². The predicted molar refractivity (Wildman–Crippen MR) is 112 cm³/mol. The van der Waals surface area contributed by atoms with Gasteiger partial charge in [-0.15, -0.1) is 5.10 Å². The summed E-state index contributed by atoms with van der Waals surface area (Å²) in [6.07, 6.45) is -5.92. The second-order valence-electron chi connectivity index (χ2n) is 6.87. The molecule has 0 amide bonds. The molecule has 0 aliphatic carbocycles. The van der Waals surface area contributed by atoms with Crippen molar-refractivity contribution in [1.82, 2.24) is 24.1 Å². The Hall–Kier alpha value is -3.73. The maximum Gasteiger partial charge on any atom is 0.390 e. The number of nitrogens with two attached hydrogens (primary N) is 1. The summed E-state index contributed by atoms with van der Waals surface area (Å²) in [7, 11) is 0. The third-order valence-corrected chi connectivity index (χ3v) is 4.56. The van der Waals surface area contributed by atoms with Gasteiger partial charge in [-0.3, -0.25) is 4.98 Å². The highest BCUT2D eigenvalue weighted by Crippen LogP contribution is 2.35. The number of nitrogens with zero attached hydrogens (tertiary/aromatic N) is 5. The minimum atomic E-state index is -4.57. The van der Waals surface area contributed by atoms with Crippen molar-refractivity contribution >= 4 is 11.6 Å². The summed E-state index contributed by atoms with van der Waals surface area (Å²) in [5.41, 5.74) is 4.91. The van der Waals surface area contributed by atoms with E-state index in [-0.39, 0.29) is 33.7 Å². The molecule has 0 unspecified atom stereocenters. The molecule has 0 saturated carbocycles. The van der Waals surface area contributed by atoms with Gasteiger partial charge in [-0.1, -0.05) is 30.2 Å². The molecule has 0 bridgehead atoms. The largest absolute Gasteiger partial charge is 0.390 e. The van der Waals surface area contributed by atoms with Crippen LogP contribution in [0.5, 0.6) is 0 Å². The fourth-order valence-electron chi connectivity index (χ4n) is 3.26. The first kappa shape index (κ1) is 16.0. The summed E-state index contributed by atoms with van der Waals surface area (Å²) in [4.78, 5) is 21.3. The van der Waals surface area contributed by atoms with Crippen LogP contribution in [0.2, 0.25) is 0 Å². The lowest BCUT2D eigenvalue weighted by Crippen LogP contribution is -2.25. The molecular weight excluding hydrogens is 425 g/mol. The summed E-state index contributed by atoms with van der Waals surface area (Å²) in [5.74, 6) is -0.517. The highest BCUT2D eigenvalue weighted by atomic mass is 19.4. The highest BCUT2D eigenvalue weighted by Gasteiger charge is 2.28. The molecule has 0 fully saturated rings. The SMILES string of the molecule is [2H]c1c([2H])c([2H])c(-c2nc(N)n3c(=O)n(CCC(F)(F)F)nc3c2-c2cc(C)nc(CO)c2)c([2H])c1[2H]. The zero-order valence-electron chi connectivity index (χ0n) is 21.6. The van der Waals surface area contributed by atoms with Gasteiger partial charge in [0.15, 0.2) is 5.65 Å². The molecule has 1 aromatic carbocycles. The number of benzene rings is 1. The second kappa shape index (κ2) is 8.08. The third kappa shape index (κ3) is 4.06. The standard InChI is InChI=1S/C21H19F3N6O2/c1-12-9-14(10-15(11-31)26-12)16-17(13-5-3-2-4-6-13)27-19(25)30-18(16)28-29(20(30)32)8-7-21(22,23)24/h2-6,9-10,31H,7-8,11H2,1H3,(H2,25,27)/i2D,3D,4D,5D,6D. The Morgan fingerprint density at radius 1 is 1.16 bits per heavy atom. The van der Waals surface area contributed by atoms with Crippen molar-refractivity contribution < 1.29 is 25.1 Å². The molecule has 0 radical (unpaired) electrons. The van der Waals surface area contributed by atoms with Crippen LogP contribution < -0.4 is 11.4 Å². The maximum absolute atomic E-state index is 12.9. The van der Waals surface area contributed by atoms with E-state index < -0.39 is 67.6 Å². The average Bonchev–Trinajstić information content (AvgIpc) is 3.16. The molecule has 0 saturated heterocycles. The number of anilines is 1. The Morgan fingerprint density at radius 3 is 2.53 bits per heavy atom. The zero-order chi connectivity index (χ0) is 27.4. The smallest absolute Gasteiger partial charge is 0.390 e. The topological polar surface area (TPSA) is 111 Å². The van der Waals surface area contributed by atoms with Gasteiger partial charge in [-0.25, -0.2) is 18.9 Å². The van der Waals surface area contributed by atoms with Crippen LogP contribution in [-0.2, 0) is 13.2 Å². The molecule has 11 heteroatoms. The van der Waals surface area contributed by atoms with Gasteiger partial charge in [0.2, 0.25) is 5.95 Å². The van der Waals surface area contributed by atoms with E-state index in [9.17, 15) is 23.1 Å². The van der Waals surface area contributed by atoms with E-state index in [1.54, 1.807) is 6.92 Å². The van der Waals surface area contributed by atoms with Gasteiger partial charge < -0.3 is 10.8 Å². The molecule has 4 aromatic rings. The van der Waals surface area contributed by atoms with Crippen LogP contribution in [0.4, 0.5) is 19.1 Å². The van der Waals surface area contributed by atoms with E-state index in [1.165, 1.54) is 12.1 Å². The minimum absolute atomic E-state index is 0.0456. The van der Waals surface area contributed by atoms with Gasteiger partial charge in [0, 0.05) is 11.3 Å². The lowest BCUT2D eigenvalue weighted by Gasteiger charge is -2.13. The zero-order valence-corrected chi connectivity index (χ0v) is 16.6. The summed E-state index contributed by atoms with van der Waals surface area (Å²) in [5, 5.41) is 13.7. The number of alkyl halides is 3. The van der Waals surface area contributed by atoms with Gasteiger partial charge in [0.1, 0.15) is 0 Å². The van der Waals surface area contributed by atoms with E-state index in [4.69, 9.17) is 12.6 Å². The lowest BCUT2D eigenvalue weighted by atomic mass is 9.99. The molecule has 3 heterocycles. The second-order valence-corrected chi connectivity index (χ2v) is 6.87. The lowest BCUT2D eigenvalue weighted by molar-refractivity contribution is -0.137. The number of aromatic nitrogens is 5. The first-order chi connectivity index (χ1) is 17.2. The quantitative estimate of drug-likeness (QED) is 0.485. The molecule has 0 spiro atoms. The van der Waals surface area contributed by atoms with Crippen LogP contribution in [0.1, 0.15) is 24.7 Å². The Balaban J connectivity index is 2.17. The molecule has 8 nitrogen and oxygen atoms in total. The molecular formula is C21H19F3N6O2. The maximum atomic E-state index is 12.9. The van der Waals surface area contributed by atoms with Crippen molar-refractivity contribution in [2.24, 2.45) is 0 Å². The number of rotatable bonds is 5. The number of halogens is 3. The van der Waals surface area contributed by atoms with Crippen molar-refractivity contribution in [3.63, 3.8) is 0 Å². The van der Waals surface area contributed by atoms with E-state index in [1.807, 2.05) is 0 Å². The number of aliphatic hydroxyl groups is 1. The van der Waals surface area contributed by atoms with Crippen molar-refractivity contribution in [1.29, 1.82) is 0 Å². The van der Waals surface area contributed by atoms with Crippen molar-refractivity contribution in [3.05, 3.63) is 64.2 Å². The van der Waals surface area contributed by atoms with Gasteiger partial charge >= 0.3 is 11.9 Å². The molecule has 4 rings (SSSR count). The van der Waals surface area contributed by atoms with Crippen molar-refractivity contribution in [2.75, 3.05) is 5.73 Å². The Kier molecular flexibility index (Phi) is 4.03. The van der Waals surface area contributed by atoms with Gasteiger partial charge in [-0.05, 0) is 24.6 Å². The number of fused-ring (bicyclic) bond motifs is 1. The fourth-order valence-corrected chi connectivity index (χ4v) is 3.26. The summed E-state index contributed by atoms with van der Waals surface area (Å²) >= 11 is 0. The normalized spacial score (nSPS) is 14.1. The first-order valence-electron chi connectivity index (χ1n) is 11.8. The number of hydrogen-bond acceptors (Lipinski definition) is 6. The van der Waals surface area contributed by atoms with Crippen molar-refractivity contribution in [3.8, 4) is 22.4 Å². The average molecular weight is 449 g/mol. The summed E-state index contributed by atoms with van der Waals surface area (Å²) in [6.45, 7) is 0.303. The number of aliphatic hydroxyl groups excluding tert-OH is 1. The highest BCUT2D eigenvalue weighted by molar-refractivity contribution is 5.90. The Labute approximate surface area is 186 Å². The molecule has 3 aromatic heterocycles. The van der Waals surface area contributed by atoms with Crippen LogP contribution in [-0.4, -0.2) is 35.4 Å². The number of aryl methyl sites for hydroxylation is 2. The molecule has 32 heavy (non-hydrogen) atoms. The minimum Gasteiger partial charge on any atom is -0.390 e. The number of nitrogen functional groups attached to an aromatic ring is 1. The van der Waals surface area contributed by atoms with Gasteiger partial charge in [0.25, 0.3) is 0 Å². The van der Waals surface area contributed by atoms with Crippen LogP contribution >= 0.6 is 0 Å². The Bertz CT molecular complexity index is 1590. The monoisotopic (exact) mass is 449 g/mol. The summed E-state index contributed by atoms with van der Waals surface area (Å²) < 4.78 is 80.6. The van der Waals surface area contributed by atoms with Crippen LogP contribution in [0, 0.1) is 6.92 Å². The van der Waals surface area contributed by atoms with E-state index in [2.05, 4.69) is 15.1 Å². The predicted octanol–water partition coefficient (Wildman–Crippen LogP) is 2.96. The number of pyridine rings is 1. The number of hydrogen-bond donors (Lipinski definition) is 2. The molecule has 0 atom stereocenters. The van der Waals surface area contributed by atoms with Crippen LogP contribution in [0.25, 0.3) is 28.0 Å². The Morgan fingerprint density at radius 2 is 1.88 bits per heavy atom. The van der Waals surface area contributed by atoms with Gasteiger partial charge in [0.05, 0.1) is 43.4 Å². The van der Waals surface area contributed by atoms with Crippen LogP contribution in [0.15, 0.2) is 47.1 Å².